The fraction of sp³-hybridized carbons (Fsp3) is 1.00. The summed E-state index contributed by atoms with van der Waals surface area (Å²) in [4.78, 5) is 0. The van der Waals surface area contributed by atoms with Crippen LogP contribution in [0.3, 0.4) is 0 Å². The van der Waals surface area contributed by atoms with Crippen molar-refractivity contribution in [3.05, 3.63) is 0 Å². The average molecular weight is 716 g/mol. The Kier molecular flexibility index (Phi) is 24.4. The zero-order chi connectivity index (χ0) is 37.0. The van der Waals surface area contributed by atoms with Gasteiger partial charge in [0, 0.05) is 0 Å². The maximum Gasteiger partial charge on any atom is -0.0101 e. The Morgan fingerprint density at radius 2 is 0.708 bits per heavy atom. The third kappa shape index (κ3) is 24.8. The van der Waals surface area contributed by atoms with Crippen LogP contribution in [0.5, 0.6) is 0 Å². The van der Waals surface area contributed by atoms with E-state index in [4.69, 9.17) is 10.7 Å². The van der Waals surface area contributed by atoms with Gasteiger partial charge in [-0.05, 0) is 114 Å². The van der Waals surface area contributed by atoms with Gasteiger partial charge in [0.1, 0.15) is 0 Å². The van der Waals surface area contributed by atoms with Crippen LogP contribution < -0.4 is 0 Å². The van der Waals surface area contributed by atoms with Crippen LogP contribution in [0.1, 0.15) is 245 Å². The first-order chi connectivity index (χ1) is 22.1. The largest absolute Gasteiger partial charge is 0.163 e. The Labute approximate surface area is 313 Å². The van der Waals surface area contributed by atoms with Gasteiger partial charge < -0.3 is 0 Å². The molecule has 0 aliphatic rings. The molecule has 0 aliphatic heterocycles. The molecular weight excluding hydrogens is 620 g/mol. The second-order valence-electron chi connectivity index (χ2n) is 20.7. The quantitative estimate of drug-likeness (QED) is 0.0609. The fourth-order valence-electron chi connectivity index (χ4n) is 9.17. The van der Waals surface area contributed by atoms with Crippen molar-refractivity contribution in [1.29, 1.82) is 0 Å². The van der Waals surface area contributed by atoms with Gasteiger partial charge in [0.2, 0.25) is 0 Å². The molecule has 1 unspecified atom stereocenters. The van der Waals surface area contributed by atoms with Crippen molar-refractivity contribution in [2.24, 2.45) is 33.0 Å². The molecule has 0 radical (unpaired) electrons. The third-order valence-corrected chi connectivity index (χ3v) is 16.7. The van der Waals surface area contributed by atoms with Crippen LogP contribution in [0.15, 0.2) is 0 Å². The molecule has 0 bridgehead atoms. The van der Waals surface area contributed by atoms with E-state index in [1.165, 1.54) is 165 Å². The Bertz CT molecular complexity index is 731. The Hall–Kier alpha value is 0.640. The van der Waals surface area contributed by atoms with E-state index in [-0.39, 0.29) is 0 Å². The van der Waals surface area contributed by atoms with Crippen LogP contribution in [0.2, 0.25) is 0 Å². The smallest absolute Gasteiger partial charge is 0.0101 e. The summed E-state index contributed by atoms with van der Waals surface area (Å²) in [5.74, 6) is 4.68. The van der Waals surface area contributed by atoms with E-state index in [0.29, 0.717) is 27.1 Å². The molecule has 0 aromatic heterocycles. The van der Waals surface area contributed by atoms with Gasteiger partial charge in [0.05, 0.1) is 0 Å². The summed E-state index contributed by atoms with van der Waals surface area (Å²) in [7, 11) is 6.72. The second kappa shape index (κ2) is 24.1. The van der Waals surface area contributed by atoms with Gasteiger partial charge in [-0.15, -0.1) is 0 Å². The lowest BCUT2D eigenvalue weighted by Gasteiger charge is -2.37. The monoisotopic (exact) mass is 715 g/mol. The third-order valence-electron chi connectivity index (χ3n) is 12.2. The predicted molar refractivity (Wildman–Crippen MR) is 229 cm³/mol. The maximum absolute atomic E-state index is 7.77. The minimum Gasteiger partial charge on any atom is -0.163 e. The van der Waals surface area contributed by atoms with Crippen LogP contribution in [0.4, 0.5) is 0 Å². The van der Waals surface area contributed by atoms with Crippen LogP contribution in [0.25, 0.3) is 0 Å². The predicted octanol–water partition coefficient (Wildman–Crippen LogP) is 17.7. The molecule has 292 valence electrons. The highest BCUT2D eigenvalue weighted by Crippen LogP contribution is 2.56. The van der Waals surface area contributed by atoms with Gasteiger partial charge in [-0.2, -0.15) is 9.24 Å². The molecule has 0 fully saturated rings. The van der Waals surface area contributed by atoms with E-state index in [1.54, 1.807) is 0 Å². The molecular formula is C46H95ClS. The minimum absolute atomic E-state index is 0.426. The summed E-state index contributed by atoms with van der Waals surface area (Å²) in [5, 5.41) is 0. The maximum atomic E-state index is 7.77. The molecule has 0 heterocycles. The van der Waals surface area contributed by atoms with E-state index < -0.39 is 9.24 Å². The molecule has 2 heteroatoms. The minimum atomic E-state index is -1.06. The second-order valence-corrected chi connectivity index (χ2v) is 25.8. The Morgan fingerprint density at radius 3 is 1.04 bits per heavy atom. The zero-order valence-electron chi connectivity index (χ0n) is 36.2. The molecule has 0 aliphatic carbocycles. The SMILES string of the molecule is CCCCCC(C)C(C)(C)CCCCS(Cl)(CCCCC(C)(C)CC(C)(C)CCCCC)CCCCC(C)(C)CC(C)(C)CCCCC. The molecule has 0 rings (SSSR count). The number of halogens is 1. The van der Waals surface area contributed by atoms with E-state index in [9.17, 15) is 0 Å². The van der Waals surface area contributed by atoms with Crippen LogP contribution in [0, 0.1) is 33.0 Å². The average Bonchev–Trinajstić information content (AvgIpc) is 2.95. The van der Waals surface area contributed by atoms with Crippen molar-refractivity contribution < 1.29 is 0 Å². The number of unbranched alkanes of at least 4 members (excludes halogenated alkanes) is 9. The highest BCUT2D eigenvalue weighted by atomic mass is 35.7. The summed E-state index contributed by atoms with van der Waals surface area (Å²) in [6, 6.07) is 0. The molecule has 0 N–H and O–H groups in total. The van der Waals surface area contributed by atoms with Crippen molar-refractivity contribution in [2.45, 2.75) is 245 Å². The van der Waals surface area contributed by atoms with E-state index in [0.717, 1.165) is 5.92 Å². The van der Waals surface area contributed by atoms with Crippen molar-refractivity contribution >= 4 is 19.9 Å². The number of hydrogen-bond donors (Lipinski definition) is 0. The van der Waals surface area contributed by atoms with E-state index >= 15 is 0 Å². The normalized spacial score (nSPS) is 14.9. The molecule has 0 nitrogen and oxygen atoms in total. The molecule has 0 aromatic carbocycles. The highest BCUT2D eigenvalue weighted by molar-refractivity contribution is 8.51. The van der Waals surface area contributed by atoms with Crippen LogP contribution >= 0.6 is 19.9 Å². The summed E-state index contributed by atoms with van der Waals surface area (Å²) in [5.41, 5.74) is 2.22. The first-order valence-corrected chi connectivity index (χ1v) is 24.6. The van der Waals surface area contributed by atoms with Crippen molar-refractivity contribution in [3.63, 3.8) is 0 Å². The number of rotatable bonds is 32. The molecule has 48 heavy (non-hydrogen) atoms. The molecule has 0 saturated carbocycles. The van der Waals surface area contributed by atoms with Crippen LogP contribution in [-0.2, 0) is 0 Å². The number of hydrogen-bond acceptors (Lipinski definition) is 0. The van der Waals surface area contributed by atoms with E-state index in [2.05, 4.69) is 96.9 Å². The Morgan fingerprint density at radius 1 is 0.417 bits per heavy atom. The fourth-order valence-corrected chi connectivity index (χ4v) is 12.9. The van der Waals surface area contributed by atoms with Gasteiger partial charge in [0.25, 0.3) is 0 Å². The molecule has 0 spiro atoms. The molecule has 1 atom stereocenters. The first kappa shape index (κ1) is 48.6. The standard InChI is InChI=1S/C46H95ClS/c1-15-18-21-30-41(4)46(13,14)35-26-29-38-48(47,36-27-24-33-44(9,10)39-42(5,6)31-22-19-16-2)37-28-25-34-45(11,12)40-43(7,8)32-23-20-17-3/h41H,15-40H2,1-14H3. The van der Waals surface area contributed by atoms with Gasteiger partial charge in [-0.3, -0.25) is 0 Å². The molecule has 0 aromatic rings. The highest BCUT2D eigenvalue weighted by Gasteiger charge is 2.31. The topological polar surface area (TPSA) is 0 Å². The summed E-state index contributed by atoms with van der Waals surface area (Å²) in [6.07, 6.45) is 31.3. The van der Waals surface area contributed by atoms with Gasteiger partial charge >= 0.3 is 0 Å². The lowest BCUT2D eigenvalue weighted by atomic mass is 9.70. The van der Waals surface area contributed by atoms with Gasteiger partial charge in [-0.1, -0.05) is 191 Å². The molecule has 0 amide bonds. The van der Waals surface area contributed by atoms with Crippen molar-refractivity contribution in [2.75, 3.05) is 17.3 Å². The molecule has 0 saturated heterocycles. The van der Waals surface area contributed by atoms with Gasteiger partial charge in [0.15, 0.2) is 0 Å². The lowest BCUT2D eigenvalue weighted by Crippen LogP contribution is -2.23. The zero-order valence-corrected chi connectivity index (χ0v) is 37.8. The summed E-state index contributed by atoms with van der Waals surface area (Å²) >= 11 is 0. The van der Waals surface area contributed by atoms with Crippen molar-refractivity contribution in [3.8, 4) is 0 Å². The van der Waals surface area contributed by atoms with Crippen LogP contribution in [-0.4, -0.2) is 17.3 Å². The van der Waals surface area contributed by atoms with E-state index in [1.807, 2.05) is 0 Å². The lowest BCUT2D eigenvalue weighted by molar-refractivity contribution is 0.165. The summed E-state index contributed by atoms with van der Waals surface area (Å²) < 4.78 is 0. The van der Waals surface area contributed by atoms with Gasteiger partial charge in [-0.25, -0.2) is 0 Å². The Balaban J connectivity index is 5.17. The first-order valence-electron chi connectivity index (χ1n) is 21.6. The summed E-state index contributed by atoms with van der Waals surface area (Å²) in [6.45, 7) is 34.7. The van der Waals surface area contributed by atoms with Crippen molar-refractivity contribution in [1.82, 2.24) is 0 Å².